The van der Waals surface area contributed by atoms with Crippen LogP contribution in [0, 0.1) is 0 Å². The number of nitrogens with two attached hydrogens (primary N) is 2. The average molecular weight is 283 g/mol. The molecule has 4 heteroatoms. The molecule has 2 aromatic carbocycles. The highest BCUT2D eigenvalue weighted by Crippen LogP contribution is 2.23. The number of carbonyl (C=O) groups is 1. The maximum Gasteiger partial charge on any atom is 0.250 e. The molecule has 0 aromatic heterocycles. The van der Waals surface area contributed by atoms with Gasteiger partial charge in [-0.15, -0.1) is 0 Å². The van der Waals surface area contributed by atoms with E-state index in [4.69, 9.17) is 11.5 Å². The lowest BCUT2D eigenvalue weighted by Crippen LogP contribution is -2.14. The van der Waals surface area contributed by atoms with Crippen LogP contribution in [0.1, 0.15) is 41.3 Å². The van der Waals surface area contributed by atoms with Crippen LogP contribution in [0.15, 0.2) is 42.5 Å². The second kappa shape index (κ2) is 6.31. The Bertz CT molecular complexity index is 633. The summed E-state index contributed by atoms with van der Waals surface area (Å²) in [6.45, 7) is 4.98. The zero-order valence-electron chi connectivity index (χ0n) is 12.4. The predicted molar refractivity (Wildman–Crippen MR) is 87.2 cm³/mol. The van der Waals surface area contributed by atoms with Crippen molar-refractivity contribution in [1.82, 2.24) is 0 Å². The van der Waals surface area contributed by atoms with Crippen molar-refractivity contribution in [2.45, 2.75) is 26.3 Å². The molecule has 2 aromatic rings. The first-order chi connectivity index (χ1) is 9.99. The number of hydrogen-bond acceptors (Lipinski definition) is 3. The lowest BCUT2D eigenvalue weighted by molar-refractivity contribution is 0.100. The summed E-state index contributed by atoms with van der Waals surface area (Å²) in [7, 11) is 0. The molecule has 0 unspecified atom stereocenters. The summed E-state index contributed by atoms with van der Waals surface area (Å²) in [6, 6.07) is 13.7. The molecule has 21 heavy (non-hydrogen) atoms. The van der Waals surface area contributed by atoms with Gasteiger partial charge < -0.3 is 16.8 Å². The van der Waals surface area contributed by atoms with Crippen molar-refractivity contribution in [2.24, 2.45) is 5.73 Å². The van der Waals surface area contributed by atoms with Crippen LogP contribution in [0.5, 0.6) is 0 Å². The van der Waals surface area contributed by atoms with Gasteiger partial charge in [-0.05, 0) is 29.2 Å². The molecule has 2 rings (SSSR count). The van der Waals surface area contributed by atoms with Crippen LogP contribution >= 0.6 is 0 Å². The number of carbonyl (C=O) groups excluding carboxylic acids is 1. The van der Waals surface area contributed by atoms with Gasteiger partial charge in [-0.2, -0.15) is 0 Å². The van der Waals surface area contributed by atoms with Crippen LogP contribution < -0.4 is 16.8 Å². The molecule has 0 radical (unpaired) electrons. The van der Waals surface area contributed by atoms with Crippen LogP contribution in [0.3, 0.4) is 0 Å². The first kappa shape index (κ1) is 14.9. The van der Waals surface area contributed by atoms with Gasteiger partial charge in [0.25, 0.3) is 5.91 Å². The van der Waals surface area contributed by atoms with Crippen molar-refractivity contribution in [1.29, 1.82) is 0 Å². The Morgan fingerprint density at radius 2 is 1.81 bits per heavy atom. The van der Waals surface area contributed by atoms with Crippen molar-refractivity contribution < 1.29 is 4.79 Å². The standard InChI is InChI=1S/C17H21N3O/c1-11(2)13-8-6-12(7-9-13)10-20-15-5-3-4-14(16(15)18)17(19)21/h3-9,11,20H,10,18H2,1-2H3,(H2,19,21). The summed E-state index contributed by atoms with van der Waals surface area (Å²) in [4.78, 5) is 11.3. The molecule has 1 amide bonds. The number of amides is 1. The van der Waals surface area contributed by atoms with E-state index >= 15 is 0 Å². The van der Waals surface area contributed by atoms with E-state index in [2.05, 4.69) is 43.4 Å². The quantitative estimate of drug-likeness (QED) is 0.737. The summed E-state index contributed by atoms with van der Waals surface area (Å²) >= 11 is 0. The summed E-state index contributed by atoms with van der Waals surface area (Å²) in [5.74, 6) is 0.00679. The molecular formula is C17H21N3O. The topological polar surface area (TPSA) is 81.1 Å². The summed E-state index contributed by atoms with van der Waals surface area (Å²) in [6.07, 6.45) is 0. The zero-order chi connectivity index (χ0) is 15.4. The average Bonchev–Trinajstić information content (AvgIpc) is 2.46. The number of para-hydroxylation sites is 1. The molecule has 0 aliphatic rings. The van der Waals surface area contributed by atoms with E-state index < -0.39 is 5.91 Å². The second-order valence-corrected chi connectivity index (χ2v) is 5.38. The van der Waals surface area contributed by atoms with Gasteiger partial charge in [-0.3, -0.25) is 4.79 Å². The highest BCUT2D eigenvalue weighted by molar-refractivity contribution is 6.00. The van der Waals surface area contributed by atoms with E-state index in [9.17, 15) is 4.79 Å². The summed E-state index contributed by atoms with van der Waals surface area (Å²) < 4.78 is 0. The van der Waals surface area contributed by atoms with E-state index in [1.54, 1.807) is 12.1 Å². The molecule has 5 N–H and O–H groups in total. The van der Waals surface area contributed by atoms with E-state index in [0.29, 0.717) is 23.7 Å². The molecule has 0 fully saturated rings. The lowest BCUT2D eigenvalue weighted by atomic mass is 10.0. The number of nitrogens with one attached hydrogen (secondary N) is 1. The third-order valence-electron chi connectivity index (χ3n) is 3.50. The number of primary amides is 1. The maximum atomic E-state index is 11.3. The van der Waals surface area contributed by atoms with Gasteiger partial charge in [0.1, 0.15) is 0 Å². The van der Waals surface area contributed by atoms with E-state index in [0.717, 1.165) is 11.3 Å². The fraction of sp³-hybridized carbons (Fsp3) is 0.235. The highest BCUT2D eigenvalue weighted by Gasteiger charge is 2.09. The summed E-state index contributed by atoms with van der Waals surface area (Å²) in [5, 5.41) is 3.24. The molecule has 4 nitrogen and oxygen atoms in total. The van der Waals surface area contributed by atoms with Crippen molar-refractivity contribution in [3.05, 3.63) is 59.2 Å². The molecule has 0 atom stereocenters. The minimum atomic E-state index is -0.516. The third-order valence-corrected chi connectivity index (χ3v) is 3.50. The Kier molecular flexibility index (Phi) is 4.48. The smallest absolute Gasteiger partial charge is 0.250 e. The monoisotopic (exact) mass is 283 g/mol. The molecule has 110 valence electrons. The minimum absolute atomic E-state index is 0.343. The molecule has 0 spiro atoms. The minimum Gasteiger partial charge on any atom is -0.396 e. The summed E-state index contributed by atoms with van der Waals surface area (Å²) in [5.41, 5.74) is 15.2. The number of anilines is 2. The lowest BCUT2D eigenvalue weighted by Gasteiger charge is -2.12. The van der Waals surface area contributed by atoms with Crippen LogP contribution in [0.2, 0.25) is 0 Å². The van der Waals surface area contributed by atoms with Gasteiger partial charge in [-0.25, -0.2) is 0 Å². The highest BCUT2D eigenvalue weighted by atomic mass is 16.1. The molecular weight excluding hydrogens is 262 g/mol. The number of nitrogen functional groups attached to an aromatic ring is 1. The second-order valence-electron chi connectivity index (χ2n) is 5.38. The molecule has 0 saturated carbocycles. The van der Waals surface area contributed by atoms with Crippen molar-refractivity contribution in [2.75, 3.05) is 11.1 Å². The Morgan fingerprint density at radius 3 is 2.38 bits per heavy atom. The third kappa shape index (κ3) is 3.54. The van der Waals surface area contributed by atoms with Crippen LogP contribution in [0.25, 0.3) is 0 Å². The number of rotatable bonds is 5. The van der Waals surface area contributed by atoms with Gasteiger partial charge >= 0.3 is 0 Å². The Morgan fingerprint density at radius 1 is 1.14 bits per heavy atom. The first-order valence-corrected chi connectivity index (χ1v) is 7.00. The molecule has 0 aliphatic carbocycles. The molecule has 0 aliphatic heterocycles. The van der Waals surface area contributed by atoms with Gasteiger partial charge in [0.15, 0.2) is 0 Å². The van der Waals surface area contributed by atoms with Gasteiger partial charge in [0.05, 0.1) is 16.9 Å². The Hall–Kier alpha value is -2.49. The van der Waals surface area contributed by atoms with Crippen molar-refractivity contribution in [3.8, 4) is 0 Å². The van der Waals surface area contributed by atoms with Gasteiger partial charge in [0, 0.05) is 6.54 Å². The first-order valence-electron chi connectivity index (χ1n) is 7.00. The zero-order valence-corrected chi connectivity index (χ0v) is 12.4. The molecule has 0 saturated heterocycles. The van der Waals surface area contributed by atoms with Crippen LogP contribution in [-0.4, -0.2) is 5.91 Å². The Balaban J connectivity index is 2.09. The van der Waals surface area contributed by atoms with E-state index in [-0.39, 0.29) is 0 Å². The van der Waals surface area contributed by atoms with E-state index in [1.165, 1.54) is 5.56 Å². The normalized spacial score (nSPS) is 10.6. The predicted octanol–water partition coefficient (Wildman–Crippen LogP) is 3.10. The van der Waals surface area contributed by atoms with E-state index in [1.807, 2.05) is 6.07 Å². The van der Waals surface area contributed by atoms with Crippen LogP contribution in [0.4, 0.5) is 11.4 Å². The number of hydrogen-bond donors (Lipinski definition) is 3. The fourth-order valence-corrected chi connectivity index (χ4v) is 2.15. The van der Waals surface area contributed by atoms with Gasteiger partial charge in [-0.1, -0.05) is 44.2 Å². The maximum absolute atomic E-state index is 11.3. The van der Waals surface area contributed by atoms with Crippen molar-refractivity contribution in [3.63, 3.8) is 0 Å². The van der Waals surface area contributed by atoms with Gasteiger partial charge in [0.2, 0.25) is 0 Å². The van der Waals surface area contributed by atoms with Crippen molar-refractivity contribution >= 4 is 17.3 Å². The largest absolute Gasteiger partial charge is 0.396 e. The SMILES string of the molecule is CC(C)c1ccc(CNc2cccc(C(N)=O)c2N)cc1. The fourth-order valence-electron chi connectivity index (χ4n) is 2.15. The Labute approximate surface area is 125 Å². The molecule has 0 bridgehead atoms. The molecule has 0 heterocycles. The van der Waals surface area contributed by atoms with Crippen LogP contribution in [-0.2, 0) is 6.54 Å². The number of benzene rings is 2.